The summed E-state index contributed by atoms with van der Waals surface area (Å²) in [5.41, 5.74) is 5.29. The molecule has 1 N–H and O–H groups in total. The third-order valence-electron chi connectivity index (χ3n) is 5.82. The Morgan fingerprint density at radius 1 is 0.917 bits per heavy atom. The minimum Gasteiger partial charge on any atom is -0.273 e. The molecule has 0 aliphatic carbocycles. The van der Waals surface area contributed by atoms with Crippen LogP contribution in [0.4, 0.5) is 4.39 Å². The van der Waals surface area contributed by atoms with Crippen molar-refractivity contribution < 1.29 is 12.8 Å². The molecule has 0 saturated heterocycles. The maximum absolute atomic E-state index is 13.4. The number of nitrogens with one attached hydrogen (secondary N) is 1. The van der Waals surface area contributed by atoms with E-state index in [0.717, 1.165) is 22.4 Å². The summed E-state index contributed by atoms with van der Waals surface area (Å²) in [4.78, 5) is 0.284. The Bertz CT molecular complexity index is 1460. The molecule has 0 saturated carbocycles. The first-order valence-electron chi connectivity index (χ1n) is 11.5. The Kier molecular flexibility index (Phi) is 7.63. The lowest BCUT2D eigenvalue weighted by Gasteiger charge is -2.18. The molecule has 0 fully saturated rings. The van der Waals surface area contributed by atoms with Gasteiger partial charge in [-0.05, 0) is 75.6 Å². The fraction of sp³-hybridized carbons (Fsp3) is 0.259. The monoisotopic (exact) mass is 524 g/mol. The molecule has 1 aromatic heterocycles. The van der Waals surface area contributed by atoms with Gasteiger partial charge in [-0.2, -0.15) is 0 Å². The molecule has 0 aliphatic rings. The van der Waals surface area contributed by atoms with Gasteiger partial charge in [-0.1, -0.05) is 59.3 Å². The van der Waals surface area contributed by atoms with Crippen molar-refractivity contribution in [1.29, 1.82) is 0 Å². The van der Waals surface area contributed by atoms with Crippen LogP contribution >= 0.6 is 11.8 Å². The lowest BCUT2D eigenvalue weighted by Crippen LogP contribution is -2.30. The van der Waals surface area contributed by atoms with Gasteiger partial charge in [-0.25, -0.2) is 17.5 Å². The average Bonchev–Trinajstić information content (AvgIpc) is 3.22. The summed E-state index contributed by atoms with van der Waals surface area (Å²) in [6.07, 6.45) is 0. The van der Waals surface area contributed by atoms with E-state index in [1.54, 1.807) is 32.9 Å². The number of aryl methyl sites for hydroxylation is 4. The zero-order valence-corrected chi connectivity index (χ0v) is 22.5. The number of nitrogens with zero attached hydrogens (tertiary/aromatic N) is 3. The van der Waals surface area contributed by atoms with Gasteiger partial charge in [0, 0.05) is 11.4 Å². The molecule has 6 nitrogen and oxygen atoms in total. The van der Waals surface area contributed by atoms with Crippen molar-refractivity contribution in [2.45, 2.75) is 56.5 Å². The van der Waals surface area contributed by atoms with Crippen molar-refractivity contribution in [1.82, 2.24) is 19.5 Å². The number of hydrogen-bond acceptors (Lipinski definition) is 5. The lowest BCUT2D eigenvalue weighted by atomic mass is 10.1. The quantitative estimate of drug-likeness (QED) is 0.287. The highest BCUT2D eigenvalue weighted by molar-refractivity contribution is 7.98. The van der Waals surface area contributed by atoms with Gasteiger partial charge in [0.1, 0.15) is 5.82 Å². The molecule has 1 heterocycles. The van der Waals surface area contributed by atoms with E-state index in [1.807, 2.05) is 54.8 Å². The van der Waals surface area contributed by atoms with E-state index in [0.29, 0.717) is 27.9 Å². The number of hydrogen-bond donors (Lipinski definition) is 1. The third kappa shape index (κ3) is 5.69. The van der Waals surface area contributed by atoms with Crippen molar-refractivity contribution in [3.8, 4) is 5.69 Å². The van der Waals surface area contributed by atoms with Gasteiger partial charge in [0.25, 0.3) is 0 Å². The zero-order chi connectivity index (χ0) is 26.0. The highest BCUT2D eigenvalue weighted by Crippen LogP contribution is 2.29. The highest BCUT2D eigenvalue weighted by Gasteiger charge is 2.27. The van der Waals surface area contributed by atoms with Gasteiger partial charge in [0.2, 0.25) is 10.0 Å². The van der Waals surface area contributed by atoms with E-state index in [9.17, 15) is 12.8 Å². The summed E-state index contributed by atoms with van der Waals surface area (Å²) in [5, 5.41) is 9.39. The fourth-order valence-electron chi connectivity index (χ4n) is 4.26. The highest BCUT2D eigenvalue weighted by atomic mass is 32.2. The van der Waals surface area contributed by atoms with Crippen molar-refractivity contribution in [3.63, 3.8) is 0 Å². The molecular weight excluding hydrogens is 495 g/mol. The SMILES string of the molecule is Cc1ccc(-n2c(SCc3ccc(F)cc3)nnc2C(C)NS(=O)(=O)c2c(C)cc(C)cc2C)cc1. The molecule has 0 spiro atoms. The van der Waals surface area contributed by atoms with E-state index in [4.69, 9.17) is 0 Å². The first-order valence-corrected chi connectivity index (χ1v) is 14.0. The van der Waals surface area contributed by atoms with Crippen LogP contribution in [0.25, 0.3) is 5.69 Å². The lowest BCUT2D eigenvalue weighted by molar-refractivity contribution is 0.555. The Morgan fingerprint density at radius 2 is 1.53 bits per heavy atom. The van der Waals surface area contributed by atoms with Crippen molar-refractivity contribution in [2.75, 3.05) is 0 Å². The molecule has 36 heavy (non-hydrogen) atoms. The van der Waals surface area contributed by atoms with Crippen LogP contribution in [0, 0.1) is 33.5 Å². The molecule has 1 unspecified atom stereocenters. The predicted molar refractivity (Wildman–Crippen MR) is 141 cm³/mol. The van der Waals surface area contributed by atoms with Crippen LogP contribution in [0.1, 0.15) is 46.6 Å². The van der Waals surface area contributed by atoms with Crippen LogP contribution < -0.4 is 4.72 Å². The second-order valence-electron chi connectivity index (χ2n) is 9.00. The average molecular weight is 525 g/mol. The second-order valence-corrected chi connectivity index (χ2v) is 11.6. The van der Waals surface area contributed by atoms with Crippen LogP contribution in [0.3, 0.4) is 0 Å². The molecule has 4 rings (SSSR count). The van der Waals surface area contributed by atoms with Crippen LogP contribution in [-0.2, 0) is 15.8 Å². The minimum absolute atomic E-state index is 0.283. The van der Waals surface area contributed by atoms with Crippen LogP contribution in [-0.4, -0.2) is 23.2 Å². The molecule has 0 amide bonds. The normalized spacial score (nSPS) is 12.6. The smallest absolute Gasteiger partial charge is 0.241 e. The van der Waals surface area contributed by atoms with Crippen LogP contribution in [0.5, 0.6) is 0 Å². The summed E-state index contributed by atoms with van der Waals surface area (Å²) in [7, 11) is -3.81. The molecule has 3 aromatic carbocycles. The van der Waals surface area contributed by atoms with E-state index >= 15 is 0 Å². The van der Waals surface area contributed by atoms with E-state index in [2.05, 4.69) is 14.9 Å². The van der Waals surface area contributed by atoms with E-state index < -0.39 is 16.1 Å². The third-order valence-corrected chi connectivity index (χ3v) is 8.67. The summed E-state index contributed by atoms with van der Waals surface area (Å²) in [6, 6.07) is 17.3. The molecule has 188 valence electrons. The topological polar surface area (TPSA) is 76.9 Å². The minimum atomic E-state index is -3.81. The van der Waals surface area contributed by atoms with E-state index in [1.165, 1.54) is 23.9 Å². The van der Waals surface area contributed by atoms with Gasteiger partial charge in [0.15, 0.2) is 11.0 Å². The summed E-state index contributed by atoms with van der Waals surface area (Å²) in [6.45, 7) is 9.32. The van der Waals surface area contributed by atoms with E-state index in [-0.39, 0.29) is 10.7 Å². The molecule has 0 aliphatic heterocycles. The zero-order valence-electron chi connectivity index (χ0n) is 20.9. The predicted octanol–water partition coefficient (Wildman–Crippen LogP) is 5.97. The second kappa shape index (κ2) is 10.5. The maximum atomic E-state index is 13.4. The van der Waals surface area contributed by atoms with Crippen molar-refractivity contribution >= 4 is 21.8 Å². The number of halogens is 1. The standard InChI is InChI=1S/C27H29FN4O2S2/c1-17-6-12-24(13-7-17)32-26(29-30-27(32)35-16-22-8-10-23(28)11-9-22)21(5)31-36(33,34)25-19(3)14-18(2)15-20(25)4/h6-15,21,31H,16H2,1-5H3. The number of sulfonamides is 1. The first kappa shape index (κ1) is 26.1. The number of benzene rings is 3. The largest absolute Gasteiger partial charge is 0.273 e. The summed E-state index contributed by atoms with van der Waals surface area (Å²) in [5.74, 6) is 0.757. The van der Waals surface area contributed by atoms with Gasteiger partial charge < -0.3 is 0 Å². The van der Waals surface area contributed by atoms with Crippen molar-refractivity contribution in [3.05, 3.63) is 100 Å². The number of aromatic nitrogens is 3. The van der Waals surface area contributed by atoms with Crippen molar-refractivity contribution in [2.24, 2.45) is 0 Å². The molecular formula is C27H29FN4O2S2. The number of rotatable bonds is 8. The first-order chi connectivity index (χ1) is 17.0. The van der Waals surface area contributed by atoms with Gasteiger partial charge in [-0.15, -0.1) is 10.2 Å². The van der Waals surface area contributed by atoms with Gasteiger partial charge in [-0.3, -0.25) is 4.57 Å². The fourth-order valence-corrected chi connectivity index (χ4v) is 6.82. The Morgan fingerprint density at radius 3 is 2.14 bits per heavy atom. The maximum Gasteiger partial charge on any atom is 0.241 e. The van der Waals surface area contributed by atoms with Gasteiger partial charge >= 0.3 is 0 Å². The molecule has 9 heteroatoms. The molecule has 0 bridgehead atoms. The molecule has 0 radical (unpaired) electrons. The number of thioether (sulfide) groups is 1. The molecule has 1 atom stereocenters. The van der Waals surface area contributed by atoms with Crippen LogP contribution in [0.15, 0.2) is 70.7 Å². The summed E-state index contributed by atoms with van der Waals surface area (Å²) >= 11 is 1.45. The Hall–Kier alpha value is -3.01. The van der Waals surface area contributed by atoms with Gasteiger partial charge in [0.05, 0.1) is 10.9 Å². The Labute approximate surface area is 216 Å². The Balaban J connectivity index is 1.68. The molecule has 4 aromatic rings. The van der Waals surface area contributed by atoms with Crippen LogP contribution in [0.2, 0.25) is 0 Å². The summed E-state index contributed by atoms with van der Waals surface area (Å²) < 4.78 is 44.8.